The number of amides is 1. The molecule has 0 saturated carbocycles. The van der Waals surface area contributed by atoms with Crippen LogP contribution in [0.1, 0.15) is 22.0 Å². The highest BCUT2D eigenvalue weighted by atomic mass is 16.5. The average molecular weight is 341 g/mol. The molecule has 0 bridgehead atoms. The second-order valence-electron chi connectivity index (χ2n) is 5.39. The molecule has 0 aliphatic carbocycles. The van der Waals surface area contributed by atoms with Crippen molar-refractivity contribution >= 4 is 5.91 Å². The first-order valence-corrected chi connectivity index (χ1v) is 7.76. The zero-order valence-electron chi connectivity index (χ0n) is 14.1. The molecule has 1 aromatic carbocycles. The first-order valence-electron chi connectivity index (χ1n) is 7.76. The maximum absolute atomic E-state index is 12.1. The van der Waals surface area contributed by atoms with E-state index in [0.717, 1.165) is 11.4 Å². The molecule has 3 rings (SSSR count). The smallest absolute Gasteiger partial charge is 0.287 e. The lowest BCUT2D eigenvalue weighted by Crippen LogP contribution is -2.22. The molecule has 0 spiro atoms. The van der Waals surface area contributed by atoms with Crippen molar-refractivity contribution in [2.24, 2.45) is 7.05 Å². The van der Waals surface area contributed by atoms with Gasteiger partial charge in [0.1, 0.15) is 23.9 Å². The number of nitrogens with zero attached hydrogens (tertiary/aromatic N) is 2. The van der Waals surface area contributed by atoms with E-state index in [1.54, 1.807) is 23.9 Å². The lowest BCUT2D eigenvalue weighted by Gasteiger charge is -2.05. The van der Waals surface area contributed by atoms with E-state index in [1.165, 1.54) is 0 Å². The molecule has 2 aromatic heterocycles. The number of methoxy groups -OCH3 is 1. The van der Waals surface area contributed by atoms with E-state index < -0.39 is 0 Å². The molecule has 7 heteroatoms. The molecular formula is C18H19N3O4. The molecule has 1 amide bonds. The Bertz CT molecular complexity index is 836. The van der Waals surface area contributed by atoms with Crippen molar-refractivity contribution in [2.75, 3.05) is 7.11 Å². The highest BCUT2D eigenvalue weighted by Crippen LogP contribution is 2.18. The number of ether oxygens (including phenoxy) is 2. The van der Waals surface area contributed by atoms with E-state index in [1.807, 2.05) is 43.6 Å². The van der Waals surface area contributed by atoms with Crippen molar-refractivity contribution in [1.82, 2.24) is 15.1 Å². The topological polar surface area (TPSA) is 78.5 Å². The third-order valence-electron chi connectivity index (χ3n) is 3.52. The fourth-order valence-corrected chi connectivity index (χ4v) is 2.22. The van der Waals surface area contributed by atoms with Gasteiger partial charge in [-0.05, 0) is 42.5 Å². The fraction of sp³-hybridized carbons (Fsp3) is 0.222. The number of rotatable bonds is 7. The highest BCUT2D eigenvalue weighted by Gasteiger charge is 2.12. The minimum atomic E-state index is -0.290. The predicted molar refractivity (Wildman–Crippen MR) is 90.4 cm³/mol. The number of hydrogen-bond donors (Lipinski definition) is 1. The number of furan rings is 1. The summed E-state index contributed by atoms with van der Waals surface area (Å²) in [6.07, 6.45) is 1.82. The van der Waals surface area contributed by atoms with Gasteiger partial charge in [0.25, 0.3) is 5.91 Å². The lowest BCUT2D eigenvalue weighted by atomic mass is 10.3. The van der Waals surface area contributed by atoms with Crippen LogP contribution in [0.15, 0.2) is 53.1 Å². The molecule has 0 atom stereocenters. The van der Waals surface area contributed by atoms with Crippen LogP contribution in [0, 0.1) is 0 Å². The predicted octanol–water partition coefficient (Wildman–Crippen LogP) is 2.53. The van der Waals surface area contributed by atoms with Gasteiger partial charge in [0, 0.05) is 13.2 Å². The number of benzene rings is 1. The van der Waals surface area contributed by atoms with Crippen LogP contribution in [0.5, 0.6) is 11.5 Å². The summed E-state index contributed by atoms with van der Waals surface area (Å²) in [6.45, 7) is 0.581. The van der Waals surface area contributed by atoms with Crippen LogP contribution in [0.3, 0.4) is 0 Å². The summed E-state index contributed by atoms with van der Waals surface area (Å²) in [6, 6.07) is 12.4. The molecule has 0 fully saturated rings. The van der Waals surface area contributed by atoms with Crippen LogP contribution in [0.4, 0.5) is 0 Å². The van der Waals surface area contributed by atoms with Gasteiger partial charge in [-0.3, -0.25) is 9.48 Å². The van der Waals surface area contributed by atoms with Gasteiger partial charge in [-0.25, -0.2) is 0 Å². The number of aryl methyl sites for hydroxylation is 1. The molecule has 0 radical (unpaired) electrons. The van der Waals surface area contributed by atoms with Crippen molar-refractivity contribution in [2.45, 2.75) is 13.2 Å². The maximum Gasteiger partial charge on any atom is 0.287 e. The van der Waals surface area contributed by atoms with Crippen molar-refractivity contribution in [3.63, 3.8) is 0 Å². The highest BCUT2D eigenvalue weighted by molar-refractivity contribution is 5.91. The fourth-order valence-electron chi connectivity index (χ4n) is 2.22. The zero-order valence-corrected chi connectivity index (χ0v) is 14.1. The van der Waals surface area contributed by atoms with E-state index in [2.05, 4.69) is 10.4 Å². The Hall–Kier alpha value is -3.22. The van der Waals surface area contributed by atoms with E-state index in [9.17, 15) is 4.79 Å². The second-order valence-corrected chi connectivity index (χ2v) is 5.39. The summed E-state index contributed by atoms with van der Waals surface area (Å²) in [7, 11) is 3.44. The lowest BCUT2D eigenvalue weighted by molar-refractivity contribution is 0.0918. The van der Waals surface area contributed by atoms with Crippen LogP contribution < -0.4 is 14.8 Å². The molecule has 2 heterocycles. The summed E-state index contributed by atoms with van der Waals surface area (Å²) in [4.78, 5) is 12.1. The van der Waals surface area contributed by atoms with Crippen molar-refractivity contribution < 1.29 is 18.7 Å². The number of hydrogen-bond acceptors (Lipinski definition) is 5. The summed E-state index contributed by atoms with van der Waals surface area (Å²) < 4.78 is 17.9. The van der Waals surface area contributed by atoms with Crippen LogP contribution in [-0.4, -0.2) is 22.8 Å². The summed E-state index contributed by atoms with van der Waals surface area (Å²) in [5.41, 5.74) is 0.783. The van der Waals surface area contributed by atoms with Gasteiger partial charge in [0.05, 0.1) is 19.3 Å². The Kier molecular flexibility index (Phi) is 5.03. The third kappa shape index (κ3) is 4.41. The summed E-state index contributed by atoms with van der Waals surface area (Å²) in [5.74, 6) is 1.97. The molecule has 25 heavy (non-hydrogen) atoms. The standard InChI is InChI=1S/C18H19N3O4/c1-21-10-9-13(20-21)11-19-18(22)17-8-7-16(25-17)12-24-15-5-3-14(23-2)4-6-15/h3-10H,11-12H2,1-2H3,(H,19,22). The normalized spacial score (nSPS) is 10.5. The number of aromatic nitrogens is 2. The van der Waals surface area contributed by atoms with Crippen molar-refractivity contribution in [1.29, 1.82) is 0 Å². The summed E-state index contributed by atoms with van der Waals surface area (Å²) in [5, 5.41) is 6.96. The van der Waals surface area contributed by atoms with E-state index >= 15 is 0 Å². The van der Waals surface area contributed by atoms with Crippen molar-refractivity contribution in [3.05, 3.63) is 65.9 Å². The van der Waals surface area contributed by atoms with Gasteiger partial charge in [-0.1, -0.05) is 0 Å². The van der Waals surface area contributed by atoms with Crippen LogP contribution in [0.2, 0.25) is 0 Å². The molecule has 0 aliphatic rings. The monoisotopic (exact) mass is 341 g/mol. The molecule has 7 nitrogen and oxygen atoms in total. The van der Waals surface area contributed by atoms with Crippen molar-refractivity contribution in [3.8, 4) is 11.5 Å². The Labute approximate surface area is 145 Å². The quantitative estimate of drug-likeness (QED) is 0.714. The zero-order chi connectivity index (χ0) is 17.6. The molecule has 130 valence electrons. The van der Waals surface area contributed by atoms with Gasteiger partial charge in [-0.15, -0.1) is 0 Å². The van der Waals surface area contributed by atoms with Gasteiger partial charge in [0.2, 0.25) is 0 Å². The van der Waals surface area contributed by atoms with Crippen LogP contribution in [-0.2, 0) is 20.2 Å². The Morgan fingerprint density at radius 1 is 1.16 bits per heavy atom. The summed E-state index contributed by atoms with van der Waals surface area (Å²) >= 11 is 0. The third-order valence-corrected chi connectivity index (χ3v) is 3.52. The van der Waals surface area contributed by atoms with Gasteiger partial charge >= 0.3 is 0 Å². The van der Waals surface area contributed by atoms with E-state index in [0.29, 0.717) is 18.1 Å². The number of carbonyl (C=O) groups excluding carboxylic acids is 1. The van der Waals surface area contributed by atoms with E-state index in [-0.39, 0.29) is 18.3 Å². The molecular weight excluding hydrogens is 322 g/mol. The van der Waals surface area contributed by atoms with E-state index in [4.69, 9.17) is 13.9 Å². The molecule has 3 aromatic rings. The molecule has 0 aliphatic heterocycles. The Balaban J connectivity index is 1.51. The first kappa shape index (κ1) is 16.6. The molecule has 0 unspecified atom stereocenters. The minimum Gasteiger partial charge on any atom is -0.497 e. The number of nitrogens with one attached hydrogen (secondary N) is 1. The molecule has 0 saturated heterocycles. The van der Waals surface area contributed by atoms with Gasteiger partial charge < -0.3 is 19.2 Å². The average Bonchev–Trinajstić information content (AvgIpc) is 3.27. The van der Waals surface area contributed by atoms with Gasteiger partial charge in [0.15, 0.2) is 5.76 Å². The van der Waals surface area contributed by atoms with Crippen LogP contribution in [0.25, 0.3) is 0 Å². The Morgan fingerprint density at radius 2 is 1.92 bits per heavy atom. The minimum absolute atomic E-state index is 0.236. The Morgan fingerprint density at radius 3 is 2.60 bits per heavy atom. The SMILES string of the molecule is COc1ccc(OCc2ccc(C(=O)NCc3ccn(C)n3)o2)cc1. The second kappa shape index (κ2) is 7.57. The van der Waals surface area contributed by atoms with Crippen LogP contribution >= 0.6 is 0 Å². The largest absolute Gasteiger partial charge is 0.497 e. The number of carbonyl (C=O) groups is 1. The molecule has 1 N–H and O–H groups in total. The first-order chi connectivity index (χ1) is 12.1. The maximum atomic E-state index is 12.1. The van der Waals surface area contributed by atoms with Gasteiger partial charge in [-0.2, -0.15) is 5.10 Å².